The Morgan fingerprint density at radius 1 is 1.14 bits per heavy atom. The maximum absolute atomic E-state index is 12.2. The van der Waals surface area contributed by atoms with Gasteiger partial charge in [-0.2, -0.15) is 5.10 Å². The van der Waals surface area contributed by atoms with Crippen LogP contribution in [0.2, 0.25) is 0 Å². The van der Waals surface area contributed by atoms with E-state index in [1.54, 1.807) is 30.5 Å². The molecule has 0 aliphatic rings. The molecule has 1 heterocycles. The Bertz CT molecular complexity index is 889. The summed E-state index contributed by atoms with van der Waals surface area (Å²) >= 11 is 0. The molecule has 3 aromatic rings. The largest absolute Gasteiger partial charge is 0.494 e. The molecule has 0 radical (unpaired) electrons. The molecule has 8 nitrogen and oxygen atoms in total. The van der Waals surface area contributed by atoms with Gasteiger partial charge in [-0.25, -0.2) is 10.1 Å². The van der Waals surface area contributed by atoms with Crippen molar-refractivity contribution in [2.24, 2.45) is 5.10 Å². The van der Waals surface area contributed by atoms with E-state index in [9.17, 15) is 4.79 Å². The van der Waals surface area contributed by atoms with Crippen LogP contribution in [0.15, 0.2) is 60.0 Å². The molecule has 0 unspecified atom stereocenters. The van der Waals surface area contributed by atoms with Crippen molar-refractivity contribution in [1.29, 1.82) is 0 Å². The van der Waals surface area contributed by atoms with E-state index < -0.39 is 0 Å². The minimum absolute atomic E-state index is 0.296. The number of ether oxygens (including phenoxy) is 1. The summed E-state index contributed by atoms with van der Waals surface area (Å²) in [6.45, 7) is 2.89. The first-order chi connectivity index (χ1) is 13.8. The zero-order chi connectivity index (χ0) is 19.6. The molecular formula is C20H22N6O2. The maximum atomic E-state index is 12.2. The van der Waals surface area contributed by atoms with Crippen LogP contribution in [0.5, 0.6) is 5.75 Å². The summed E-state index contributed by atoms with van der Waals surface area (Å²) < 4.78 is 7.18. The highest BCUT2D eigenvalue weighted by molar-refractivity contribution is 5.95. The molecule has 0 aliphatic heterocycles. The van der Waals surface area contributed by atoms with Crippen LogP contribution in [-0.2, 0) is 0 Å². The van der Waals surface area contributed by atoms with E-state index in [1.165, 1.54) is 23.9 Å². The van der Waals surface area contributed by atoms with Crippen LogP contribution >= 0.6 is 0 Å². The molecule has 0 fully saturated rings. The van der Waals surface area contributed by atoms with Crippen molar-refractivity contribution in [1.82, 2.24) is 25.6 Å². The predicted octanol–water partition coefficient (Wildman–Crippen LogP) is 3.00. The molecule has 0 saturated carbocycles. The van der Waals surface area contributed by atoms with Crippen LogP contribution < -0.4 is 10.2 Å². The monoisotopic (exact) mass is 378 g/mol. The number of benzene rings is 2. The number of rotatable bonds is 9. The highest BCUT2D eigenvalue weighted by atomic mass is 16.5. The standard InChI is InChI=1S/C20H22N6O2/c1-2-3-4-13-28-19-11-5-16(6-12-19)14-21-23-20(27)17-7-9-18(10-8-17)26-15-22-24-25-26/h5-12,14-15H,2-4,13H2,1H3,(H,23,27)/b21-14+. The SMILES string of the molecule is CCCCCOc1ccc(/C=N/NC(=O)c2ccc(-n3cnnn3)cc2)cc1. The lowest BCUT2D eigenvalue weighted by molar-refractivity contribution is 0.0955. The summed E-state index contributed by atoms with van der Waals surface area (Å²) in [4.78, 5) is 12.2. The Morgan fingerprint density at radius 2 is 1.93 bits per heavy atom. The zero-order valence-electron chi connectivity index (χ0n) is 15.7. The third-order valence-corrected chi connectivity index (χ3v) is 4.02. The quantitative estimate of drug-likeness (QED) is 0.351. The summed E-state index contributed by atoms with van der Waals surface area (Å²) in [5, 5.41) is 15.0. The van der Waals surface area contributed by atoms with Crippen LogP contribution in [0.3, 0.4) is 0 Å². The second-order valence-electron chi connectivity index (χ2n) is 6.12. The van der Waals surface area contributed by atoms with Crippen LogP contribution in [0.4, 0.5) is 0 Å². The fraction of sp³-hybridized carbons (Fsp3) is 0.250. The summed E-state index contributed by atoms with van der Waals surface area (Å²) in [6, 6.07) is 14.5. The van der Waals surface area contributed by atoms with Gasteiger partial charge in [0, 0.05) is 5.56 Å². The summed E-state index contributed by atoms with van der Waals surface area (Å²) in [5.74, 6) is 0.537. The highest BCUT2D eigenvalue weighted by Gasteiger charge is 2.05. The number of carbonyl (C=O) groups is 1. The Morgan fingerprint density at radius 3 is 2.61 bits per heavy atom. The molecule has 1 N–H and O–H groups in total. The Kier molecular flexibility index (Phi) is 6.84. The van der Waals surface area contributed by atoms with E-state index in [2.05, 4.69) is 33.0 Å². The van der Waals surface area contributed by atoms with E-state index in [0.29, 0.717) is 5.56 Å². The number of nitrogens with one attached hydrogen (secondary N) is 1. The van der Waals surface area contributed by atoms with Gasteiger partial charge in [0.15, 0.2) is 0 Å². The van der Waals surface area contributed by atoms with Crippen LogP contribution in [0, 0.1) is 0 Å². The first kappa shape index (κ1) is 19.2. The molecule has 3 rings (SSSR count). The van der Waals surface area contributed by atoms with Gasteiger partial charge in [0.2, 0.25) is 0 Å². The number of aromatic nitrogens is 4. The van der Waals surface area contributed by atoms with Gasteiger partial charge < -0.3 is 4.74 Å². The average Bonchev–Trinajstić information content (AvgIpc) is 3.27. The first-order valence-corrected chi connectivity index (χ1v) is 9.16. The van der Waals surface area contributed by atoms with E-state index in [1.807, 2.05) is 24.3 Å². The van der Waals surface area contributed by atoms with Gasteiger partial charge in [-0.05, 0) is 70.9 Å². The van der Waals surface area contributed by atoms with Crippen LogP contribution in [0.25, 0.3) is 5.69 Å². The minimum atomic E-state index is -0.296. The third-order valence-electron chi connectivity index (χ3n) is 4.02. The van der Waals surface area contributed by atoms with Crippen molar-refractivity contribution < 1.29 is 9.53 Å². The van der Waals surface area contributed by atoms with Gasteiger partial charge in [-0.15, -0.1) is 5.10 Å². The van der Waals surface area contributed by atoms with Crippen molar-refractivity contribution in [2.75, 3.05) is 6.61 Å². The van der Waals surface area contributed by atoms with Crippen molar-refractivity contribution in [3.63, 3.8) is 0 Å². The molecule has 1 aromatic heterocycles. The average molecular weight is 378 g/mol. The van der Waals surface area contributed by atoms with E-state index in [0.717, 1.165) is 30.0 Å². The molecule has 8 heteroatoms. The normalized spacial score (nSPS) is 10.9. The second-order valence-corrected chi connectivity index (χ2v) is 6.12. The van der Waals surface area contributed by atoms with Gasteiger partial charge in [-0.1, -0.05) is 19.8 Å². The molecule has 0 bridgehead atoms. The van der Waals surface area contributed by atoms with Crippen molar-refractivity contribution in [3.05, 3.63) is 66.0 Å². The van der Waals surface area contributed by atoms with E-state index in [-0.39, 0.29) is 5.91 Å². The zero-order valence-corrected chi connectivity index (χ0v) is 15.7. The third kappa shape index (κ3) is 5.47. The molecule has 2 aromatic carbocycles. The second kappa shape index (κ2) is 9.96. The maximum Gasteiger partial charge on any atom is 0.271 e. The molecule has 144 valence electrons. The number of hydrogen-bond donors (Lipinski definition) is 1. The number of amides is 1. The summed E-state index contributed by atoms with van der Waals surface area (Å²) in [5.41, 5.74) is 4.64. The Balaban J connectivity index is 1.49. The Labute approximate surface area is 163 Å². The topological polar surface area (TPSA) is 94.3 Å². The summed E-state index contributed by atoms with van der Waals surface area (Å²) in [7, 11) is 0. The van der Waals surface area contributed by atoms with Gasteiger partial charge in [0.25, 0.3) is 5.91 Å². The van der Waals surface area contributed by atoms with Crippen molar-refractivity contribution in [2.45, 2.75) is 26.2 Å². The molecule has 0 spiro atoms. The molecule has 28 heavy (non-hydrogen) atoms. The van der Waals surface area contributed by atoms with Crippen LogP contribution in [0.1, 0.15) is 42.1 Å². The number of carbonyl (C=O) groups excluding carboxylic acids is 1. The predicted molar refractivity (Wildman–Crippen MR) is 106 cm³/mol. The van der Waals surface area contributed by atoms with Gasteiger partial charge in [-0.3, -0.25) is 4.79 Å². The van der Waals surface area contributed by atoms with Crippen molar-refractivity contribution in [3.8, 4) is 11.4 Å². The Hall–Kier alpha value is -3.55. The fourth-order valence-corrected chi connectivity index (χ4v) is 2.47. The molecule has 0 aliphatic carbocycles. The number of hydrazone groups is 1. The molecular weight excluding hydrogens is 356 g/mol. The summed E-state index contributed by atoms with van der Waals surface area (Å²) in [6.07, 6.45) is 6.48. The number of hydrogen-bond acceptors (Lipinski definition) is 6. The van der Waals surface area contributed by atoms with Gasteiger partial charge in [0.05, 0.1) is 18.5 Å². The first-order valence-electron chi connectivity index (χ1n) is 9.16. The lowest BCUT2D eigenvalue weighted by atomic mass is 10.2. The molecule has 0 atom stereocenters. The van der Waals surface area contributed by atoms with Crippen molar-refractivity contribution >= 4 is 12.1 Å². The van der Waals surface area contributed by atoms with E-state index in [4.69, 9.17) is 4.74 Å². The number of unbranched alkanes of at least 4 members (excludes halogenated alkanes) is 2. The smallest absolute Gasteiger partial charge is 0.271 e. The van der Waals surface area contributed by atoms with Gasteiger partial charge in [0.1, 0.15) is 12.1 Å². The number of nitrogens with zero attached hydrogens (tertiary/aromatic N) is 5. The fourth-order valence-electron chi connectivity index (χ4n) is 2.47. The lowest BCUT2D eigenvalue weighted by Gasteiger charge is -2.05. The lowest BCUT2D eigenvalue weighted by Crippen LogP contribution is -2.17. The molecule has 1 amide bonds. The van der Waals surface area contributed by atoms with Crippen LogP contribution in [-0.4, -0.2) is 38.9 Å². The highest BCUT2D eigenvalue weighted by Crippen LogP contribution is 2.12. The van der Waals surface area contributed by atoms with E-state index >= 15 is 0 Å². The number of tetrazole rings is 1. The van der Waals surface area contributed by atoms with Gasteiger partial charge >= 0.3 is 0 Å². The molecule has 0 saturated heterocycles. The minimum Gasteiger partial charge on any atom is -0.494 e.